The topological polar surface area (TPSA) is 82.0 Å². The van der Waals surface area contributed by atoms with E-state index in [4.69, 9.17) is 11.5 Å². The number of nitrogens with two attached hydrogens (primary N) is 2. The molecule has 0 aliphatic rings. The van der Waals surface area contributed by atoms with Gasteiger partial charge in [-0.15, -0.1) is 0 Å². The molecule has 1 unspecified atom stereocenters. The lowest BCUT2D eigenvalue weighted by atomic mass is 10.1. The lowest BCUT2D eigenvalue weighted by molar-refractivity contribution is -0.119. The van der Waals surface area contributed by atoms with E-state index in [1.54, 1.807) is 6.20 Å². The van der Waals surface area contributed by atoms with Gasteiger partial charge in [0.1, 0.15) is 0 Å². The molecule has 0 fully saturated rings. The molecule has 1 rings (SSSR count). The van der Waals surface area contributed by atoms with E-state index < -0.39 is 11.9 Å². The van der Waals surface area contributed by atoms with Gasteiger partial charge in [-0.2, -0.15) is 0 Å². The van der Waals surface area contributed by atoms with Gasteiger partial charge in [-0.25, -0.2) is 4.37 Å². The zero-order chi connectivity index (χ0) is 8.97. The minimum atomic E-state index is -0.535. The van der Waals surface area contributed by atoms with Crippen LogP contribution in [0.15, 0.2) is 12.3 Å². The zero-order valence-corrected chi connectivity index (χ0v) is 7.38. The lowest BCUT2D eigenvalue weighted by Crippen LogP contribution is -2.36. The summed E-state index contributed by atoms with van der Waals surface area (Å²) in [4.78, 5) is 11.7. The number of carbonyl (C=O) groups excluding carboxylic acids is 1. The van der Waals surface area contributed by atoms with E-state index in [1.807, 2.05) is 6.07 Å². The Morgan fingerprint density at radius 2 is 2.50 bits per heavy atom. The lowest BCUT2D eigenvalue weighted by Gasteiger charge is -2.04. The van der Waals surface area contributed by atoms with E-state index in [1.165, 1.54) is 11.5 Å². The minimum absolute atomic E-state index is 0.445. The second-order valence-corrected chi connectivity index (χ2v) is 3.44. The molecule has 0 aliphatic carbocycles. The van der Waals surface area contributed by atoms with Crippen molar-refractivity contribution in [2.45, 2.75) is 18.9 Å². The molecule has 1 heterocycles. The molecule has 5 heteroatoms. The highest BCUT2D eigenvalue weighted by Crippen LogP contribution is 2.08. The Morgan fingerprint density at radius 3 is 3.00 bits per heavy atom. The van der Waals surface area contributed by atoms with Crippen LogP contribution in [-0.4, -0.2) is 16.3 Å². The van der Waals surface area contributed by atoms with Gasteiger partial charge >= 0.3 is 0 Å². The summed E-state index contributed by atoms with van der Waals surface area (Å²) in [5.41, 5.74) is 10.4. The molecule has 66 valence electrons. The van der Waals surface area contributed by atoms with Crippen molar-refractivity contribution in [2.24, 2.45) is 11.5 Å². The largest absolute Gasteiger partial charge is 0.368 e. The number of amides is 1. The monoisotopic (exact) mass is 185 g/mol. The van der Waals surface area contributed by atoms with Crippen LogP contribution < -0.4 is 11.5 Å². The van der Waals surface area contributed by atoms with Crippen LogP contribution in [0.3, 0.4) is 0 Å². The number of carbonyl (C=O) groups is 1. The van der Waals surface area contributed by atoms with Crippen LogP contribution >= 0.6 is 11.5 Å². The number of hydrogen-bond acceptors (Lipinski definition) is 4. The van der Waals surface area contributed by atoms with Crippen molar-refractivity contribution >= 4 is 17.4 Å². The van der Waals surface area contributed by atoms with Crippen molar-refractivity contribution in [3.63, 3.8) is 0 Å². The summed E-state index contributed by atoms with van der Waals surface area (Å²) >= 11 is 1.42. The SMILES string of the molecule is NC(=O)C(N)CCc1ccns1. The van der Waals surface area contributed by atoms with Crippen LogP contribution in [0.2, 0.25) is 0 Å². The first-order valence-electron chi connectivity index (χ1n) is 3.64. The van der Waals surface area contributed by atoms with Crippen molar-refractivity contribution in [1.82, 2.24) is 4.37 Å². The van der Waals surface area contributed by atoms with Crippen molar-refractivity contribution in [3.05, 3.63) is 17.1 Å². The third-order valence-corrected chi connectivity index (χ3v) is 2.36. The summed E-state index contributed by atoms with van der Waals surface area (Å²) in [7, 11) is 0. The second-order valence-electron chi connectivity index (χ2n) is 2.53. The molecule has 0 spiro atoms. The molecule has 0 saturated carbocycles. The maximum atomic E-state index is 10.5. The van der Waals surface area contributed by atoms with Gasteiger partial charge in [0.25, 0.3) is 0 Å². The molecule has 0 radical (unpaired) electrons. The van der Waals surface area contributed by atoms with Crippen LogP contribution in [-0.2, 0) is 11.2 Å². The molecule has 0 aromatic carbocycles. The van der Waals surface area contributed by atoms with Gasteiger partial charge in [-0.3, -0.25) is 4.79 Å². The highest BCUT2D eigenvalue weighted by molar-refractivity contribution is 7.05. The van der Waals surface area contributed by atoms with Crippen molar-refractivity contribution < 1.29 is 4.79 Å². The Bertz CT molecular complexity index is 247. The van der Waals surface area contributed by atoms with Crippen LogP contribution in [0.1, 0.15) is 11.3 Å². The fourth-order valence-electron chi connectivity index (χ4n) is 0.811. The predicted octanol–water partition coefficient (Wildman–Crippen LogP) is -0.112. The fourth-order valence-corrected chi connectivity index (χ4v) is 1.40. The Labute approximate surface area is 74.7 Å². The fraction of sp³-hybridized carbons (Fsp3) is 0.429. The number of primary amides is 1. The quantitative estimate of drug-likeness (QED) is 0.686. The highest BCUT2D eigenvalue weighted by Gasteiger charge is 2.08. The van der Waals surface area contributed by atoms with E-state index in [-0.39, 0.29) is 0 Å². The van der Waals surface area contributed by atoms with E-state index in [0.717, 1.165) is 11.3 Å². The zero-order valence-electron chi connectivity index (χ0n) is 6.56. The summed E-state index contributed by atoms with van der Waals surface area (Å²) < 4.78 is 3.93. The summed E-state index contributed by atoms with van der Waals surface area (Å²) in [6.45, 7) is 0. The van der Waals surface area contributed by atoms with E-state index in [2.05, 4.69) is 4.37 Å². The van der Waals surface area contributed by atoms with Gasteiger partial charge in [0.15, 0.2) is 0 Å². The highest BCUT2D eigenvalue weighted by atomic mass is 32.1. The van der Waals surface area contributed by atoms with Crippen molar-refractivity contribution in [3.8, 4) is 0 Å². The number of aryl methyl sites for hydroxylation is 1. The maximum absolute atomic E-state index is 10.5. The molecule has 4 N–H and O–H groups in total. The Kier molecular flexibility index (Phi) is 3.19. The van der Waals surface area contributed by atoms with E-state index in [0.29, 0.717) is 6.42 Å². The second kappa shape index (κ2) is 4.18. The van der Waals surface area contributed by atoms with E-state index >= 15 is 0 Å². The molecule has 1 aromatic heterocycles. The first kappa shape index (κ1) is 9.15. The smallest absolute Gasteiger partial charge is 0.234 e. The average molecular weight is 185 g/mol. The number of nitrogens with zero attached hydrogens (tertiary/aromatic N) is 1. The van der Waals surface area contributed by atoms with Crippen molar-refractivity contribution in [2.75, 3.05) is 0 Å². The standard InChI is InChI=1S/C7H11N3OS/c8-6(7(9)11)2-1-5-3-4-10-12-5/h3-4,6H,1-2,8H2,(H2,9,11). The van der Waals surface area contributed by atoms with Gasteiger partial charge in [0.05, 0.1) is 6.04 Å². The van der Waals surface area contributed by atoms with Crippen LogP contribution in [0.5, 0.6) is 0 Å². The maximum Gasteiger partial charge on any atom is 0.234 e. The Hall–Kier alpha value is -0.940. The molecule has 12 heavy (non-hydrogen) atoms. The van der Waals surface area contributed by atoms with Crippen molar-refractivity contribution in [1.29, 1.82) is 0 Å². The van der Waals surface area contributed by atoms with Gasteiger partial charge in [-0.1, -0.05) is 0 Å². The van der Waals surface area contributed by atoms with Gasteiger partial charge in [0, 0.05) is 11.1 Å². The molecule has 1 atom stereocenters. The predicted molar refractivity (Wildman–Crippen MR) is 47.6 cm³/mol. The van der Waals surface area contributed by atoms with Crippen LogP contribution in [0, 0.1) is 0 Å². The van der Waals surface area contributed by atoms with E-state index in [9.17, 15) is 4.79 Å². The van der Waals surface area contributed by atoms with Gasteiger partial charge in [-0.05, 0) is 30.4 Å². The molecule has 0 saturated heterocycles. The normalized spacial score (nSPS) is 12.8. The van der Waals surface area contributed by atoms with Crippen LogP contribution in [0.4, 0.5) is 0 Å². The molecular formula is C7H11N3OS. The molecule has 0 aliphatic heterocycles. The summed E-state index contributed by atoms with van der Waals surface area (Å²) in [6, 6.07) is 1.38. The summed E-state index contributed by atoms with van der Waals surface area (Å²) in [5.74, 6) is -0.445. The van der Waals surface area contributed by atoms with Crippen LogP contribution in [0.25, 0.3) is 0 Å². The third-order valence-electron chi connectivity index (χ3n) is 1.56. The summed E-state index contributed by atoms with van der Waals surface area (Å²) in [5, 5.41) is 0. The first-order valence-corrected chi connectivity index (χ1v) is 4.42. The Balaban J connectivity index is 2.31. The minimum Gasteiger partial charge on any atom is -0.368 e. The molecule has 1 aromatic rings. The first-order chi connectivity index (χ1) is 5.70. The van der Waals surface area contributed by atoms with Gasteiger partial charge < -0.3 is 11.5 Å². The number of rotatable bonds is 4. The Morgan fingerprint density at radius 1 is 1.75 bits per heavy atom. The van der Waals surface area contributed by atoms with Gasteiger partial charge in [0.2, 0.25) is 5.91 Å². The molecule has 4 nitrogen and oxygen atoms in total. The number of hydrogen-bond donors (Lipinski definition) is 2. The summed E-state index contributed by atoms with van der Waals surface area (Å²) in [6.07, 6.45) is 3.10. The number of aromatic nitrogens is 1. The molecule has 1 amide bonds. The molecular weight excluding hydrogens is 174 g/mol. The average Bonchev–Trinajstić information content (AvgIpc) is 2.51. The third kappa shape index (κ3) is 2.60. The molecule has 0 bridgehead atoms.